The molecule has 0 aliphatic carbocycles. The van der Waals surface area contributed by atoms with E-state index in [1.807, 2.05) is 50.5 Å². The molecule has 148 valence electrons. The Bertz CT molecular complexity index is 1170. The van der Waals surface area contributed by atoms with Gasteiger partial charge in [-0.1, -0.05) is 29.8 Å². The van der Waals surface area contributed by atoms with E-state index >= 15 is 0 Å². The lowest BCUT2D eigenvalue weighted by Gasteiger charge is -2.06. The molecule has 0 fully saturated rings. The molecule has 1 N–H and O–H groups in total. The lowest BCUT2D eigenvalue weighted by Crippen LogP contribution is -2.26. The fourth-order valence-electron chi connectivity index (χ4n) is 3.45. The van der Waals surface area contributed by atoms with Crippen molar-refractivity contribution in [3.8, 4) is 5.69 Å². The number of benzene rings is 2. The number of hydrogen-bond donors (Lipinski definition) is 1. The van der Waals surface area contributed by atoms with Crippen LogP contribution in [0, 0.1) is 20.8 Å². The first kappa shape index (κ1) is 18.9. The highest BCUT2D eigenvalue weighted by Gasteiger charge is 2.16. The van der Waals surface area contributed by atoms with Crippen LogP contribution in [0.3, 0.4) is 0 Å². The van der Waals surface area contributed by atoms with Gasteiger partial charge in [-0.05, 0) is 51.0 Å². The van der Waals surface area contributed by atoms with E-state index in [1.54, 1.807) is 6.92 Å². The summed E-state index contributed by atoms with van der Waals surface area (Å²) in [6, 6.07) is 14.1. The van der Waals surface area contributed by atoms with E-state index in [-0.39, 0.29) is 5.91 Å². The van der Waals surface area contributed by atoms with Gasteiger partial charge in [-0.15, -0.1) is 5.10 Å². The number of aryl methyl sites for hydroxylation is 4. The van der Waals surface area contributed by atoms with Gasteiger partial charge in [0.05, 0.1) is 28.7 Å². The molecule has 2 heterocycles. The highest BCUT2D eigenvalue weighted by atomic mass is 16.2. The summed E-state index contributed by atoms with van der Waals surface area (Å²) in [5, 5.41) is 11.8. The smallest absolute Gasteiger partial charge is 0.273 e. The molecule has 0 spiro atoms. The van der Waals surface area contributed by atoms with Crippen LogP contribution in [0.1, 0.15) is 33.7 Å². The Labute approximate surface area is 169 Å². The van der Waals surface area contributed by atoms with Crippen LogP contribution in [0.25, 0.3) is 16.7 Å². The molecule has 29 heavy (non-hydrogen) atoms. The quantitative estimate of drug-likeness (QED) is 0.514. The monoisotopic (exact) mass is 388 g/mol. The van der Waals surface area contributed by atoms with Crippen molar-refractivity contribution in [2.45, 2.75) is 33.7 Å². The van der Waals surface area contributed by atoms with E-state index in [4.69, 9.17) is 0 Å². The van der Waals surface area contributed by atoms with Crippen molar-refractivity contribution in [1.82, 2.24) is 29.9 Å². The maximum atomic E-state index is 12.6. The average Bonchev–Trinajstić information content (AvgIpc) is 3.29. The molecule has 0 bridgehead atoms. The number of imidazole rings is 1. The summed E-state index contributed by atoms with van der Waals surface area (Å²) in [5.74, 6) is -0.200. The van der Waals surface area contributed by atoms with Crippen molar-refractivity contribution in [3.63, 3.8) is 0 Å². The number of nitrogens with one attached hydrogen (secondary N) is 1. The van der Waals surface area contributed by atoms with Crippen molar-refractivity contribution < 1.29 is 4.79 Å². The zero-order chi connectivity index (χ0) is 20.4. The lowest BCUT2D eigenvalue weighted by atomic mass is 10.1. The Balaban J connectivity index is 1.38. The molecule has 1 amide bonds. The standard InChI is InChI=1S/C22H24N6O/c1-15-9-10-19(16(2)13-15)28-25-17(3)21(26-28)22(29)23-11-6-12-27-14-24-18-7-4-5-8-20(18)27/h4-5,7-10,13-14H,6,11-12H2,1-3H3,(H,23,29). The first-order chi connectivity index (χ1) is 14.0. The number of para-hydroxylation sites is 2. The summed E-state index contributed by atoms with van der Waals surface area (Å²) in [4.78, 5) is 18.5. The highest BCUT2D eigenvalue weighted by molar-refractivity contribution is 5.93. The summed E-state index contributed by atoms with van der Waals surface area (Å²) >= 11 is 0. The fraction of sp³-hybridized carbons (Fsp3) is 0.273. The fourth-order valence-corrected chi connectivity index (χ4v) is 3.45. The molecule has 4 rings (SSSR count). The van der Waals surface area contributed by atoms with E-state index in [9.17, 15) is 4.79 Å². The second kappa shape index (κ2) is 7.87. The third kappa shape index (κ3) is 3.89. The van der Waals surface area contributed by atoms with Crippen LogP contribution in [0.5, 0.6) is 0 Å². The zero-order valence-electron chi connectivity index (χ0n) is 16.9. The topological polar surface area (TPSA) is 77.6 Å². The first-order valence-electron chi connectivity index (χ1n) is 9.72. The van der Waals surface area contributed by atoms with E-state index in [2.05, 4.69) is 37.2 Å². The second-order valence-corrected chi connectivity index (χ2v) is 7.25. The third-order valence-corrected chi connectivity index (χ3v) is 4.95. The highest BCUT2D eigenvalue weighted by Crippen LogP contribution is 2.15. The molecule has 0 saturated carbocycles. The molecule has 7 heteroatoms. The number of carbonyl (C=O) groups excluding carboxylic acids is 1. The van der Waals surface area contributed by atoms with Crippen molar-refractivity contribution in [1.29, 1.82) is 0 Å². The number of nitrogens with zero attached hydrogens (tertiary/aromatic N) is 5. The molecular formula is C22H24N6O. The van der Waals surface area contributed by atoms with Gasteiger partial charge < -0.3 is 9.88 Å². The minimum absolute atomic E-state index is 0.200. The lowest BCUT2D eigenvalue weighted by molar-refractivity contribution is 0.0946. The third-order valence-electron chi connectivity index (χ3n) is 4.95. The van der Waals surface area contributed by atoms with Crippen LogP contribution in [0.15, 0.2) is 48.8 Å². The molecular weight excluding hydrogens is 364 g/mol. The predicted molar refractivity (Wildman–Crippen MR) is 112 cm³/mol. The number of fused-ring (bicyclic) bond motifs is 1. The first-order valence-corrected chi connectivity index (χ1v) is 9.72. The van der Waals surface area contributed by atoms with Gasteiger partial charge in [-0.25, -0.2) is 4.98 Å². The summed E-state index contributed by atoms with van der Waals surface area (Å²) < 4.78 is 2.10. The number of carbonyl (C=O) groups is 1. The van der Waals surface area contributed by atoms with Crippen molar-refractivity contribution >= 4 is 16.9 Å². The van der Waals surface area contributed by atoms with Gasteiger partial charge in [0.1, 0.15) is 0 Å². The SMILES string of the molecule is Cc1ccc(-n2nc(C)c(C(=O)NCCCn3cnc4ccccc43)n2)c(C)c1. The van der Waals surface area contributed by atoms with Gasteiger partial charge >= 0.3 is 0 Å². The van der Waals surface area contributed by atoms with Crippen LogP contribution in [-0.4, -0.2) is 37.0 Å². The van der Waals surface area contributed by atoms with Gasteiger partial charge in [-0.2, -0.15) is 9.90 Å². The van der Waals surface area contributed by atoms with Crippen LogP contribution in [0.4, 0.5) is 0 Å². The maximum absolute atomic E-state index is 12.6. The molecule has 0 radical (unpaired) electrons. The molecule has 2 aromatic heterocycles. The Morgan fingerprint density at radius 3 is 2.72 bits per heavy atom. The minimum atomic E-state index is -0.200. The second-order valence-electron chi connectivity index (χ2n) is 7.25. The molecule has 0 aliphatic rings. The largest absolute Gasteiger partial charge is 0.351 e. The van der Waals surface area contributed by atoms with Gasteiger partial charge in [-0.3, -0.25) is 4.79 Å². The van der Waals surface area contributed by atoms with Crippen molar-refractivity contribution in [2.24, 2.45) is 0 Å². The van der Waals surface area contributed by atoms with Crippen molar-refractivity contribution in [3.05, 3.63) is 71.3 Å². The number of amides is 1. The number of aromatic nitrogens is 5. The predicted octanol–water partition coefficient (Wildman–Crippen LogP) is 3.36. The summed E-state index contributed by atoms with van der Waals surface area (Å²) in [6.45, 7) is 7.21. The van der Waals surface area contributed by atoms with E-state index < -0.39 is 0 Å². The molecule has 0 saturated heterocycles. The molecule has 0 unspecified atom stereocenters. The maximum Gasteiger partial charge on any atom is 0.273 e. The molecule has 7 nitrogen and oxygen atoms in total. The average molecular weight is 388 g/mol. The van der Waals surface area contributed by atoms with Gasteiger partial charge in [0.25, 0.3) is 5.91 Å². The van der Waals surface area contributed by atoms with E-state index in [0.29, 0.717) is 17.9 Å². The minimum Gasteiger partial charge on any atom is -0.351 e. The summed E-state index contributed by atoms with van der Waals surface area (Å²) in [5.41, 5.74) is 6.19. The Morgan fingerprint density at radius 1 is 1.07 bits per heavy atom. The Kier molecular flexibility index (Phi) is 5.12. The van der Waals surface area contributed by atoms with Crippen LogP contribution in [0.2, 0.25) is 0 Å². The number of rotatable bonds is 6. The summed E-state index contributed by atoms with van der Waals surface area (Å²) in [7, 11) is 0. The van der Waals surface area contributed by atoms with Crippen LogP contribution in [-0.2, 0) is 6.54 Å². The van der Waals surface area contributed by atoms with Gasteiger partial charge in [0.15, 0.2) is 5.69 Å². The molecule has 0 atom stereocenters. The Hall–Kier alpha value is -3.48. The summed E-state index contributed by atoms with van der Waals surface area (Å²) in [6.07, 6.45) is 2.64. The van der Waals surface area contributed by atoms with Crippen LogP contribution < -0.4 is 5.32 Å². The number of hydrogen-bond acceptors (Lipinski definition) is 4. The molecule has 2 aromatic carbocycles. The van der Waals surface area contributed by atoms with E-state index in [0.717, 1.165) is 35.2 Å². The van der Waals surface area contributed by atoms with E-state index in [1.165, 1.54) is 10.4 Å². The Morgan fingerprint density at radius 2 is 1.90 bits per heavy atom. The van der Waals surface area contributed by atoms with Crippen molar-refractivity contribution in [2.75, 3.05) is 6.54 Å². The normalized spacial score (nSPS) is 11.1. The molecule has 0 aliphatic heterocycles. The van der Waals surface area contributed by atoms with Gasteiger partial charge in [0.2, 0.25) is 0 Å². The zero-order valence-corrected chi connectivity index (χ0v) is 16.9. The van der Waals surface area contributed by atoms with Gasteiger partial charge in [0, 0.05) is 13.1 Å². The molecule has 4 aromatic rings. The van der Waals surface area contributed by atoms with Crippen LogP contribution >= 0.6 is 0 Å².